The maximum atomic E-state index is 8.85. The van der Waals surface area contributed by atoms with Crippen LogP contribution in [0.3, 0.4) is 0 Å². The third kappa shape index (κ3) is 3.28. The van der Waals surface area contributed by atoms with Gasteiger partial charge in [0.1, 0.15) is 0 Å². The van der Waals surface area contributed by atoms with Crippen LogP contribution >= 0.6 is 23.4 Å². The lowest BCUT2D eigenvalue weighted by Crippen LogP contribution is -2.05. The summed E-state index contributed by atoms with van der Waals surface area (Å²) >= 11 is 7.03. The van der Waals surface area contributed by atoms with Crippen molar-refractivity contribution in [2.75, 3.05) is 19.0 Å². The van der Waals surface area contributed by atoms with Gasteiger partial charge in [0.15, 0.2) is 5.16 Å². The van der Waals surface area contributed by atoms with Crippen LogP contribution in [0.15, 0.2) is 5.16 Å². The van der Waals surface area contributed by atoms with Crippen LogP contribution in [0.4, 0.5) is 5.95 Å². The number of aliphatic hydroxyl groups excluding tert-OH is 1. The Balaban J connectivity index is 2.81. The van der Waals surface area contributed by atoms with Crippen LogP contribution in [0, 0.1) is 0 Å². The summed E-state index contributed by atoms with van der Waals surface area (Å²) in [6.45, 7) is 1.95. The molecule has 5 nitrogen and oxygen atoms in total. The zero-order chi connectivity index (χ0) is 10.6. The lowest BCUT2D eigenvalue weighted by atomic mass is 10.5. The first kappa shape index (κ1) is 11.5. The topological polar surface area (TPSA) is 70.9 Å². The predicted molar refractivity (Wildman–Crippen MR) is 56.8 cm³/mol. The van der Waals surface area contributed by atoms with Crippen LogP contribution in [-0.2, 0) is 0 Å². The largest absolute Gasteiger partial charge is 0.395 e. The average Bonchev–Trinajstić information content (AvgIpc) is 2.16. The van der Waals surface area contributed by atoms with Crippen LogP contribution in [0.1, 0.15) is 6.92 Å². The number of rotatable bonds is 4. The summed E-state index contributed by atoms with van der Waals surface area (Å²) < 4.78 is 0. The summed E-state index contributed by atoms with van der Waals surface area (Å²) in [5.41, 5.74) is 0. The van der Waals surface area contributed by atoms with Gasteiger partial charge in [0.25, 0.3) is 0 Å². The molecule has 0 amide bonds. The molecule has 1 heterocycles. The fourth-order valence-corrected chi connectivity index (χ4v) is 1.64. The molecule has 2 N–H and O–H groups in total. The molecule has 0 aliphatic rings. The minimum Gasteiger partial charge on any atom is -0.395 e. The molecule has 1 rings (SSSR count). The number of aliphatic hydroxyl groups is 1. The van der Waals surface area contributed by atoms with Crippen molar-refractivity contribution in [2.45, 2.75) is 17.3 Å². The Hall–Kier alpha value is -0.590. The van der Waals surface area contributed by atoms with E-state index in [0.717, 1.165) is 0 Å². The van der Waals surface area contributed by atoms with Gasteiger partial charge in [-0.25, -0.2) is 0 Å². The van der Waals surface area contributed by atoms with Gasteiger partial charge in [-0.1, -0.05) is 18.7 Å². The standard InChI is InChI=1S/C7H11ClN4OS/c1-4(3-13)14-7-11-5(8)10-6(9-2)12-7/h4,13H,3H2,1-2H3,(H,9,10,11,12). The molecule has 0 saturated heterocycles. The van der Waals surface area contributed by atoms with Crippen molar-refractivity contribution >= 4 is 29.3 Å². The molecule has 0 fully saturated rings. The Morgan fingerprint density at radius 3 is 2.79 bits per heavy atom. The number of hydrogen-bond donors (Lipinski definition) is 2. The smallest absolute Gasteiger partial charge is 0.228 e. The molecule has 1 unspecified atom stereocenters. The number of anilines is 1. The van der Waals surface area contributed by atoms with Gasteiger partial charge in [0.05, 0.1) is 6.61 Å². The van der Waals surface area contributed by atoms with Crippen molar-refractivity contribution in [3.05, 3.63) is 5.28 Å². The van der Waals surface area contributed by atoms with Crippen molar-refractivity contribution in [1.82, 2.24) is 15.0 Å². The molecule has 0 radical (unpaired) electrons. The van der Waals surface area contributed by atoms with Crippen molar-refractivity contribution < 1.29 is 5.11 Å². The summed E-state index contributed by atoms with van der Waals surface area (Å²) in [7, 11) is 1.70. The minimum absolute atomic E-state index is 0.0400. The summed E-state index contributed by atoms with van der Waals surface area (Å²) in [5, 5.41) is 12.3. The van der Waals surface area contributed by atoms with Crippen molar-refractivity contribution in [1.29, 1.82) is 0 Å². The third-order valence-corrected chi connectivity index (χ3v) is 2.49. The first-order valence-electron chi connectivity index (χ1n) is 4.02. The fraction of sp³-hybridized carbons (Fsp3) is 0.571. The highest BCUT2D eigenvalue weighted by Crippen LogP contribution is 2.20. The van der Waals surface area contributed by atoms with Crippen LogP contribution in [-0.4, -0.2) is 39.0 Å². The highest BCUT2D eigenvalue weighted by Gasteiger charge is 2.08. The SMILES string of the molecule is CNc1nc(Cl)nc(SC(C)CO)n1. The van der Waals surface area contributed by atoms with Crippen LogP contribution in [0.2, 0.25) is 5.28 Å². The molecule has 0 aliphatic heterocycles. The first-order valence-corrected chi connectivity index (χ1v) is 5.28. The van der Waals surface area contributed by atoms with E-state index in [-0.39, 0.29) is 17.1 Å². The van der Waals surface area contributed by atoms with Crippen molar-refractivity contribution in [2.24, 2.45) is 0 Å². The van der Waals surface area contributed by atoms with Crippen molar-refractivity contribution in [3.8, 4) is 0 Å². The van der Waals surface area contributed by atoms with E-state index in [1.54, 1.807) is 7.05 Å². The second-order valence-corrected chi connectivity index (χ2v) is 4.32. The lowest BCUT2D eigenvalue weighted by molar-refractivity contribution is 0.300. The number of hydrogen-bond acceptors (Lipinski definition) is 6. The molecule has 7 heteroatoms. The molecule has 78 valence electrons. The number of halogens is 1. The van der Waals surface area contributed by atoms with E-state index < -0.39 is 0 Å². The van der Waals surface area contributed by atoms with Gasteiger partial charge in [0, 0.05) is 12.3 Å². The number of thioether (sulfide) groups is 1. The highest BCUT2D eigenvalue weighted by molar-refractivity contribution is 7.99. The van der Waals surface area contributed by atoms with E-state index in [2.05, 4.69) is 20.3 Å². The number of nitrogens with one attached hydrogen (secondary N) is 1. The normalized spacial score (nSPS) is 12.6. The molecule has 0 spiro atoms. The zero-order valence-corrected chi connectivity index (χ0v) is 9.43. The molecule has 1 atom stereocenters. The second kappa shape index (κ2) is 5.33. The Labute approximate surface area is 91.3 Å². The van der Waals surface area contributed by atoms with E-state index in [9.17, 15) is 0 Å². The van der Waals surface area contributed by atoms with Crippen LogP contribution < -0.4 is 5.32 Å². The molecule has 0 aromatic carbocycles. The van der Waals surface area contributed by atoms with Gasteiger partial charge in [0.2, 0.25) is 11.2 Å². The summed E-state index contributed by atoms with van der Waals surface area (Å²) in [4.78, 5) is 11.8. The molecule has 14 heavy (non-hydrogen) atoms. The Morgan fingerprint density at radius 1 is 1.50 bits per heavy atom. The van der Waals surface area contributed by atoms with Crippen molar-refractivity contribution in [3.63, 3.8) is 0 Å². The molecular formula is C7H11ClN4OS. The number of aromatic nitrogens is 3. The fourth-order valence-electron chi connectivity index (χ4n) is 0.714. The van der Waals surface area contributed by atoms with E-state index in [0.29, 0.717) is 11.1 Å². The van der Waals surface area contributed by atoms with E-state index in [4.69, 9.17) is 16.7 Å². The van der Waals surface area contributed by atoms with E-state index in [1.807, 2.05) is 6.92 Å². The monoisotopic (exact) mass is 234 g/mol. The molecule has 0 saturated carbocycles. The maximum absolute atomic E-state index is 8.85. The molecule has 0 aliphatic carbocycles. The number of nitrogens with zero attached hydrogens (tertiary/aromatic N) is 3. The summed E-state index contributed by atoms with van der Waals surface area (Å²) in [6, 6.07) is 0. The van der Waals surface area contributed by atoms with E-state index in [1.165, 1.54) is 11.8 Å². The third-order valence-electron chi connectivity index (χ3n) is 1.37. The van der Waals surface area contributed by atoms with Crippen LogP contribution in [0.25, 0.3) is 0 Å². The summed E-state index contributed by atoms with van der Waals surface area (Å²) in [5.74, 6) is 0.428. The molecule has 0 bridgehead atoms. The van der Waals surface area contributed by atoms with Crippen LogP contribution in [0.5, 0.6) is 0 Å². The summed E-state index contributed by atoms with van der Waals surface area (Å²) in [6.07, 6.45) is 0. The van der Waals surface area contributed by atoms with Gasteiger partial charge in [-0.05, 0) is 11.6 Å². The van der Waals surface area contributed by atoms with Gasteiger partial charge in [-0.2, -0.15) is 15.0 Å². The van der Waals surface area contributed by atoms with Gasteiger partial charge >= 0.3 is 0 Å². The Morgan fingerprint density at radius 2 is 2.21 bits per heavy atom. The zero-order valence-electron chi connectivity index (χ0n) is 7.86. The van der Waals surface area contributed by atoms with Gasteiger partial charge in [-0.3, -0.25) is 0 Å². The Kier molecular flexibility index (Phi) is 4.37. The van der Waals surface area contributed by atoms with Gasteiger partial charge in [-0.15, -0.1) is 0 Å². The van der Waals surface area contributed by atoms with Gasteiger partial charge < -0.3 is 10.4 Å². The molecule has 1 aromatic rings. The lowest BCUT2D eigenvalue weighted by Gasteiger charge is -2.06. The average molecular weight is 235 g/mol. The quantitative estimate of drug-likeness (QED) is 0.759. The highest BCUT2D eigenvalue weighted by atomic mass is 35.5. The molecular weight excluding hydrogens is 224 g/mol. The molecule has 1 aromatic heterocycles. The Bertz CT molecular complexity index is 312. The predicted octanol–water partition coefficient (Wildman–Crippen LogP) is 1.04. The minimum atomic E-state index is 0.0400. The first-order chi connectivity index (χ1) is 6.65. The maximum Gasteiger partial charge on any atom is 0.228 e. The van der Waals surface area contributed by atoms with E-state index >= 15 is 0 Å². The second-order valence-electron chi connectivity index (χ2n) is 2.57.